The van der Waals surface area contributed by atoms with Gasteiger partial charge in [0.25, 0.3) is 5.91 Å². The first-order valence-electron chi connectivity index (χ1n) is 10.0. The number of aliphatic hydroxyl groups is 1. The van der Waals surface area contributed by atoms with Crippen molar-refractivity contribution in [3.63, 3.8) is 0 Å². The second-order valence-electron chi connectivity index (χ2n) is 8.91. The number of aromatic nitrogens is 2. The summed E-state index contributed by atoms with van der Waals surface area (Å²) < 4.78 is 0. The monoisotopic (exact) mass is 384 g/mol. The Morgan fingerprint density at radius 2 is 1.89 bits per heavy atom. The molecule has 152 valence electrons. The number of rotatable bonds is 5. The van der Waals surface area contributed by atoms with Crippen LogP contribution in [0.25, 0.3) is 0 Å². The Balaban J connectivity index is 1.45. The minimum absolute atomic E-state index is 0.0619. The fraction of sp³-hybridized carbons (Fsp3) is 0.545. The van der Waals surface area contributed by atoms with E-state index in [2.05, 4.69) is 60.2 Å². The second-order valence-corrected chi connectivity index (χ2v) is 8.91. The van der Waals surface area contributed by atoms with E-state index in [1.165, 1.54) is 5.56 Å². The number of H-pyrrole nitrogens is 1. The zero-order valence-electron chi connectivity index (χ0n) is 17.4. The van der Waals surface area contributed by atoms with Crippen molar-refractivity contribution in [1.29, 1.82) is 0 Å². The lowest BCUT2D eigenvalue weighted by Crippen LogP contribution is -2.45. The zero-order valence-corrected chi connectivity index (χ0v) is 17.4. The molecule has 6 nitrogen and oxygen atoms in total. The standard InChI is InChI=1S/C22H32N4O2/c1-16-5-7-17(8-6-16)22(28)9-12-26(13-10-22)14-11-23-20(27)18-15-19(25-24-18)21(2,3)4/h5-8,15,28H,9-14H2,1-4H3,(H,23,27)(H,24,25). The molecule has 1 aliphatic heterocycles. The number of benzene rings is 1. The number of nitrogens with one attached hydrogen (secondary N) is 2. The summed E-state index contributed by atoms with van der Waals surface area (Å²) in [6.45, 7) is 11.3. The smallest absolute Gasteiger partial charge is 0.271 e. The Kier molecular flexibility index (Phi) is 5.91. The molecule has 1 aromatic heterocycles. The SMILES string of the molecule is Cc1ccc(C2(O)CCN(CCNC(=O)c3cc(C(C)(C)C)[nH]n3)CC2)cc1. The molecule has 2 heterocycles. The summed E-state index contributed by atoms with van der Waals surface area (Å²) in [6.07, 6.45) is 1.41. The Labute approximate surface area is 167 Å². The molecule has 28 heavy (non-hydrogen) atoms. The van der Waals surface area contributed by atoms with Crippen LogP contribution in [0.4, 0.5) is 0 Å². The van der Waals surface area contributed by atoms with E-state index in [0.29, 0.717) is 25.1 Å². The number of amides is 1. The third-order valence-corrected chi connectivity index (χ3v) is 5.60. The third-order valence-electron chi connectivity index (χ3n) is 5.60. The molecule has 1 amide bonds. The molecule has 1 saturated heterocycles. The second kappa shape index (κ2) is 8.05. The summed E-state index contributed by atoms with van der Waals surface area (Å²) in [4.78, 5) is 14.6. The highest BCUT2D eigenvalue weighted by molar-refractivity contribution is 5.92. The van der Waals surface area contributed by atoms with Gasteiger partial charge in [-0.05, 0) is 31.4 Å². The van der Waals surface area contributed by atoms with Crippen molar-refractivity contribution < 1.29 is 9.90 Å². The molecule has 0 radical (unpaired) electrons. The number of piperidine rings is 1. The van der Waals surface area contributed by atoms with Crippen molar-refractivity contribution in [3.8, 4) is 0 Å². The topological polar surface area (TPSA) is 81.2 Å². The summed E-state index contributed by atoms with van der Waals surface area (Å²) in [5.74, 6) is -0.153. The van der Waals surface area contributed by atoms with E-state index < -0.39 is 5.60 Å². The van der Waals surface area contributed by atoms with Crippen LogP contribution < -0.4 is 5.32 Å². The summed E-state index contributed by atoms with van der Waals surface area (Å²) in [5.41, 5.74) is 2.77. The lowest BCUT2D eigenvalue weighted by Gasteiger charge is -2.38. The molecule has 2 aromatic rings. The summed E-state index contributed by atoms with van der Waals surface area (Å²) in [6, 6.07) is 9.98. The van der Waals surface area contributed by atoms with Gasteiger partial charge in [-0.15, -0.1) is 0 Å². The third kappa shape index (κ3) is 4.80. The van der Waals surface area contributed by atoms with Gasteiger partial charge in [-0.1, -0.05) is 50.6 Å². The van der Waals surface area contributed by atoms with Crippen molar-refractivity contribution in [2.75, 3.05) is 26.2 Å². The number of likely N-dealkylation sites (tertiary alicyclic amines) is 1. The van der Waals surface area contributed by atoms with Gasteiger partial charge in [0, 0.05) is 37.3 Å². The van der Waals surface area contributed by atoms with Gasteiger partial charge in [0.1, 0.15) is 5.69 Å². The van der Waals surface area contributed by atoms with Gasteiger partial charge >= 0.3 is 0 Å². The van der Waals surface area contributed by atoms with Gasteiger partial charge in [-0.25, -0.2) is 0 Å². The highest BCUT2D eigenvalue weighted by atomic mass is 16.3. The largest absolute Gasteiger partial charge is 0.385 e. The Bertz CT molecular complexity index is 797. The van der Waals surface area contributed by atoms with Gasteiger partial charge in [0.05, 0.1) is 5.60 Å². The maximum absolute atomic E-state index is 12.3. The number of carbonyl (C=O) groups excluding carboxylic acids is 1. The summed E-state index contributed by atoms with van der Waals surface area (Å²) in [7, 11) is 0. The number of hydrogen-bond acceptors (Lipinski definition) is 4. The first-order valence-corrected chi connectivity index (χ1v) is 10.0. The minimum Gasteiger partial charge on any atom is -0.385 e. The van der Waals surface area contributed by atoms with E-state index in [1.807, 2.05) is 18.2 Å². The van der Waals surface area contributed by atoms with Crippen LogP contribution in [0.1, 0.15) is 60.9 Å². The van der Waals surface area contributed by atoms with Gasteiger partial charge in [0.2, 0.25) is 0 Å². The summed E-state index contributed by atoms with van der Waals surface area (Å²) >= 11 is 0. The molecule has 1 aromatic carbocycles. The molecule has 1 fully saturated rings. The maximum atomic E-state index is 12.3. The average molecular weight is 385 g/mol. The van der Waals surface area contributed by atoms with Crippen molar-refractivity contribution >= 4 is 5.91 Å². The fourth-order valence-corrected chi connectivity index (χ4v) is 3.54. The lowest BCUT2D eigenvalue weighted by atomic mass is 9.84. The first-order chi connectivity index (χ1) is 13.2. The van der Waals surface area contributed by atoms with Crippen LogP contribution >= 0.6 is 0 Å². The molecule has 3 rings (SSSR count). The van der Waals surface area contributed by atoms with E-state index in [-0.39, 0.29) is 11.3 Å². The van der Waals surface area contributed by atoms with Gasteiger partial charge in [-0.2, -0.15) is 5.10 Å². The van der Waals surface area contributed by atoms with E-state index >= 15 is 0 Å². The number of aryl methyl sites for hydroxylation is 1. The van der Waals surface area contributed by atoms with Gasteiger partial charge < -0.3 is 15.3 Å². The van der Waals surface area contributed by atoms with Gasteiger partial charge in [0.15, 0.2) is 0 Å². The van der Waals surface area contributed by atoms with E-state index in [1.54, 1.807) is 0 Å². The van der Waals surface area contributed by atoms with Crippen molar-refractivity contribution in [2.45, 2.75) is 51.6 Å². The Morgan fingerprint density at radius 1 is 1.25 bits per heavy atom. The van der Waals surface area contributed by atoms with Crippen molar-refractivity contribution in [2.24, 2.45) is 0 Å². The number of aromatic amines is 1. The predicted octanol–water partition coefficient (Wildman–Crippen LogP) is 2.73. The molecular formula is C22H32N4O2. The number of hydrogen-bond donors (Lipinski definition) is 3. The Morgan fingerprint density at radius 3 is 2.46 bits per heavy atom. The number of carbonyl (C=O) groups is 1. The lowest BCUT2D eigenvalue weighted by molar-refractivity contribution is -0.0255. The molecule has 0 spiro atoms. The molecule has 0 atom stereocenters. The highest BCUT2D eigenvalue weighted by Gasteiger charge is 2.33. The Hall–Kier alpha value is -2.18. The molecule has 0 unspecified atom stereocenters. The molecule has 3 N–H and O–H groups in total. The quantitative estimate of drug-likeness (QED) is 0.740. The molecule has 0 aliphatic carbocycles. The molecule has 0 bridgehead atoms. The van der Waals surface area contributed by atoms with Crippen LogP contribution in [0.15, 0.2) is 30.3 Å². The predicted molar refractivity (Wildman–Crippen MR) is 110 cm³/mol. The van der Waals surface area contributed by atoms with Crippen LogP contribution in [-0.2, 0) is 11.0 Å². The molecule has 1 aliphatic rings. The van der Waals surface area contributed by atoms with Crippen LogP contribution in [-0.4, -0.2) is 52.3 Å². The van der Waals surface area contributed by atoms with Crippen LogP contribution in [0.2, 0.25) is 0 Å². The highest BCUT2D eigenvalue weighted by Crippen LogP contribution is 2.32. The van der Waals surface area contributed by atoms with Crippen LogP contribution in [0.3, 0.4) is 0 Å². The van der Waals surface area contributed by atoms with Crippen molar-refractivity contribution in [3.05, 3.63) is 52.8 Å². The van der Waals surface area contributed by atoms with Crippen molar-refractivity contribution in [1.82, 2.24) is 20.4 Å². The fourth-order valence-electron chi connectivity index (χ4n) is 3.54. The van der Waals surface area contributed by atoms with E-state index in [4.69, 9.17) is 0 Å². The molecule has 0 saturated carbocycles. The van der Waals surface area contributed by atoms with E-state index in [0.717, 1.165) is 30.9 Å². The molecular weight excluding hydrogens is 352 g/mol. The average Bonchev–Trinajstić information content (AvgIpc) is 3.15. The van der Waals surface area contributed by atoms with Crippen LogP contribution in [0, 0.1) is 6.92 Å². The van der Waals surface area contributed by atoms with Crippen LogP contribution in [0.5, 0.6) is 0 Å². The zero-order chi connectivity index (χ0) is 20.4. The molecule has 6 heteroatoms. The normalized spacial score (nSPS) is 17.5. The maximum Gasteiger partial charge on any atom is 0.271 e. The first kappa shape index (κ1) is 20.6. The number of nitrogens with zero attached hydrogens (tertiary/aromatic N) is 2. The summed E-state index contributed by atoms with van der Waals surface area (Å²) in [5, 5.41) is 21.0. The minimum atomic E-state index is -0.744. The van der Waals surface area contributed by atoms with E-state index in [9.17, 15) is 9.90 Å². The van der Waals surface area contributed by atoms with Gasteiger partial charge in [-0.3, -0.25) is 9.89 Å².